The van der Waals surface area contributed by atoms with Gasteiger partial charge in [-0.05, 0) is 46.3 Å². The molecule has 0 aliphatic rings. The van der Waals surface area contributed by atoms with E-state index < -0.39 is 16.4 Å². The molecule has 0 saturated carbocycles. The Bertz CT molecular complexity index is 401. The number of hydrogen-bond acceptors (Lipinski definition) is 3. The van der Waals surface area contributed by atoms with E-state index in [-0.39, 0.29) is 11.2 Å². The average Bonchev–Trinajstić information content (AvgIpc) is 2.39. The van der Waals surface area contributed by atoms with Crippen LogP contribution in [-0.4, -0.2) is 34.2 Å². The molecule has 0 spiro atoms. The largest absolute Gasteiger partial charge is 0.462 e. The summed E-state index contributed by atoms with van der Waals surface area (Å²) in [6.45, 7) is 22.0. The van der Waals surface area contributed by atoms with Crippen molar-refractivity contribution < 1.29 is 14.0 Å². The lowest BCUT2D eigenvalue weighted by atomic mass is 10.4. The molecule has 0 bridgehead atoms. The van der Waals surface area contributed by atoms with Gasteiger partial charge in [-0.3, -0.25) is 0 Å². The third-order valence-corrected chi connectivity index (χ3v) is 12.6. The van der Waals surface area contributed by atoms with E-state index in [1.54, 1.807) is 6.92 Å². The maximum atomic E-state index is 11.4. The predicted molar refractivity (Wildman–Crippen MR) is 105 cm³/mol. The first kappa shape index (κ1) is 22.6. The molecule has 3 nitrogen and oxygen atoms in total. The summed E-state index contributed by atoms with van der Waals surface area (Å²) >= 11 is 0. The van der Waals surface area contributed by atoms with E-state index in [0.717, 1.165) is 12.5 Å². The highest BCUT2D eigenvalue weighted by molar-refractivity contribution is 6.81. The summed E-state index contributed by atoms with van der Waals surface area (Å²) in [6, 6.07) is 2.33. The first-order valence-corrected chi connectivity index (χ1v) is 15.2. The van der Waals surface area contributed by atoms with Crippen molar-refractivity contribution in [3.63, 3.8) is 0 Å². The molecule has 0 aliphatic carbocycles. The van der Waals surface area contributed by atoms with E-state index >= 15 is 0 Å². The van der Waals surface area contributed by atoms with Crippen LogP contribution >= 0.6 is 0 Å². The van der Waals surface area contributed by atoms with Crippen LogP contribution in [0.5, 0.6) is 0 Å². The molecule has 0 aliphatic heterocycles. The van der Waals surface area contributed by atoms with Gasteiger partial charge in [-0.1, -0.05) is 45.5 Å². The second kappa shape index (κ2) is 9.18. The second-order valence-electron chi connectivity index (χ2n) is 8.38. The molecule has 0 aromatic rings. The Balaban J connectivity index is 4.48. The molecule has 0 atom stereocenters. The molecule has 0 heterocycles. The monoisotopic (exact) mass is 358 g/mol. The minimum atomic E-state index is -1.77. The summed E-state index contributed by atoms with van der Waals surface area (Å²) in [6.07, 6.45) is 3.41. The van der Waals surface area contributed by atoms with Gasteiger partial charge in [0.1, 0.15) is 0 Å². The molecule has 0 rings (SSSR count). The van der Waals surface area contributed by atoms with Crippen LogP contribution in [-0.2, 0) is 14.0 Å². The van der Waals surface area contributed by atoms with Crippen LogP contribution in [0.15, 0.2) is 12.2 Å². The molecular formula is C18H38O3Si2. The Morgan fingerprint density at radius 1 is 1.09 bits per heavy atom. The van der Waals surface area contributed by atoms with Crippen molar-refractivity contribution in [2.45, 2.75) is 90.5 Å². The first-order valence-electron chi connectivity index (χ1n) is 8.87. The third kappa shape index (κ3) is 8.31. The van der Waals surface area contributed by atoms with Crippen molar-refractivity contribution in [1.82, 2.24) is 0 Å². The zero-order valence-electron chi connectivity index (χ0n) is 16.7. The number of carbonyl (C=O) groups excluding carboxylic acids is 1. The van der Waals surface area contributed by atoms with Crippen molar-refractivity contribution in [2.75, 3.05) is 6.61 Å². The molecule has 0 aromatic heterocycles. The Labute approximate surface area is 146 Å². The summed E-state index contributed by atoms with van der Waals surface area (Å²) < 4.78 is 11.9. The quantitative estimate of drug-likeness (QED) is 0.210. The topological polar surface area (TPSA) is 35.5 Å². The summed E-state index contributed by atoms with van der Waals surface area (Å²) in [5, 5.41) is -0.00767. The van der Waals surface area contributed by atoms with E-state index in [2.05, 4.69) is 53.5 Å². The normalized spacial score (nSPS) is 13.0. The highest BCUT2D eigenvalue weighted by Gasteiger charge is 2.43. The fourth-order valence-electron chi connectivity index (χ4n) is 2.59. The van der Waals surface area contributed by atoms with Crippen molar-refractivity contribution in [2.24, 2.45) is 0 Å². The van der Waals surface area contributed by atoms with Gasteiger partial charge in [0.25, 0.3) is 0 Å². The molecule has 0 unspecified atom stereocenters. The Morgan fingerprint density at radius 3 is 2.13 bits per heavy atom. The summed E-state index contributed by atoms with van der Waals surface area (Å²) in [5.74, 6) is -0.293. The van der Waals surface area contributed by atoms with E-state index in [0.29, 0.717) is 12.2 Å². The zero-order valence-corrected chi connectivity index (χ0v) is 18.7. The van der Waals surface area contributed by atoms with Gasteiger partial charge in [0.2, 0.25) is 0 Å². The van der Waals surface area contributed by atoms with Crippen LogP contribution in [0, 0.1) is 0 Å². The van der Waals surface area contributed by atoms with Crippen LogP contribution in [0.4, 0.5) is 0 Å². The SMILES string of the molecule is C=C(C)C(=O)OCCC[Si](C)(C)OC(C)(C)[Si](C)(C)CCCC. The highest BCUT2D eigenvalue weighted by Crippen LogP contribution is 2.33. The zero-order chi connectivity index (χ0) is 18.3. The van der Waals surface area contributed by atoms with Gasteiger partial charge in [-0.15, -0.1) is 0 Å². The van der Waals surface area contributed by atoms with E-state index in [4.69, 9.17) is 9.16 Å². The highest BCUT2D eigenvalue weighted by atomic mass is 28.4. The van der Waals surface area contributed by atoms with E-state index in [1.165, 1.54) is 18.9 Å². The van der Waals surface area contributed by atoms with Crippen LogP contribution in [0.2, 0.25) is 38.3 Å². The predicted octanol–water partition coefficient (Wildman–Crippen LogP) is 5.54. The van der Waals surface area contributed by atoms with Crippen LogP contribution in [0.1, 0.15) is 47.0 Å². The standard InChI is InChI=1S/C18H38O3Si2/c1-10-11-14-22(6,7)18(4,5)21-23(8,9)15-12-13-20-17(19)16(2)3/h2,10-15H2,1,3-9H3. The van der Waals surface area contributed by atoms with E-state index in [1.807, 2.05) is 0 Å². The molecule has 5 heteroatoms. The lowest BCUT2D eigenvalue weighted by Gasteiger charge is -2.45. The fraction of sp³-hybridized carbons (Fsp3) is 0.833. The molecule has 0 amide bonds. The molecule has 0 saturated heterocycles. The second-order valence-corrected chi connectivity index (χ2v) is 18.1. The third-order valence-electron chi connectivity index (χ3n) is 4.82. The number of ether oxygens (including phenoxy) is 1. The lowest BCUT2D eigenvalue weighted by Crippen LogP contribution is -2.56. The Hall–Kier alpha value is -0.396. The van der Waals surface area contributed by atoms with Gasteiger partial charge >= 0.3 is 5.97 Å². The Morgan fingerprint density at radius 2 is 1.65 bits per heavy atom. The maximum absolute atomic E-state index is 11.4. The number of rotatable bonds is 11. The summed E-state index contributed by atoms with van der Waals surface area (Å²) in [7, 11) is -3.19. The van der Waals surface area contributed by atoms with Gasteiger partial charge in [-0.2, -0.15) is 0 Å². The minimum absolute atomic E-state index is 0.00767. The van der Waals surface area contributed by atoms with Crippen LogP contribution in [0.3, 0.4) is 0 Å². The molecular weight excluding hydrogens is 320 g/mol. The number of carbonyl (C=O) groups is 1. The average molecular weight is 359 g/mol. The maximum Gasteiger partial charge on any atom is 0.333 e. The van der Waals surface area contributed by atoms with Crippen molar-refractivity contribution in [3.8, 4) is 0 Å². The molecule has 0 aromatic carbocycles. The number of esters is 1. The van der Waals surface area contributed by atoms with Gasteiger partial charge in [0, 0.05) is 10.8 Å². The van der Waals surface area contributed by atoms with Crippen molar-refractivity contribution >= 4 is 22.4 Å². The fourth-order valence-corrected chi connectivity index (χ4v) is 8.84. The van der Waals surface area contributed by atoms with Gasteiger partial charge in [0.15, 0.2) is 8.32 Å². The number of hydrogen-bond donors (Lipinski definition) is 0. The van der Waals surface area contributed by atoms with Gasteiger partial charge in [-0.25, -0.2) is 4.79 Å². The molecule has 136 valence electrons. The van der Waals surface area contributed by atoms with Gasteiger partial charge in [0.05, 0.1) is 14.7 Å². The smallest absolute Gasteiger partial charge is 0.333 e. The molecule has 0 fully saturated rings. The first-order chi connectivity index (χ1) is 10.3. The Kier molecular flexibility index (Phi) is 9.02. The molecule has 0 radical (unpaired) electrons. The van der Waals surface area contributed by atoms with Gasteiger partial charge < -0.3 is 9.16 Å². The van der Waals surface area contributed by atoms with Crippen LogP contribution in [0.25, 0.3) is 0 Å². The number of unbranched alkanes of at least 4 members (excludes halogenated alkanes) is 1. The lowest BCUT2D eigenvalue weighted by molar-refractivity contribution is -0.138. The summed E-state index contributed by atoms with van der Waals surface area (Å²) in [5.41, 5.74) is 0.461. The summed E-state index contributed by atoms with van der Waals surface area (Å²) in [4.78, 5) is 11.4. The minimum Gasteiger partial charge on any atom is -0.462 e. The van der Waals surface area contributed by atoms with Crippen molar-refractivity contribution in [1.29, 1.82) is 0 Å². The van der Waals surface area contributed by atoms with E-state index in [9.17, 15) is 4.79 Å². The molecule has 0 N–H and O–H groups in total. The van der Waals surface area contributed by atoms with Crippen molar-refractivity contribution in [3.05, 3.63) is 12.2 Å². The molecule has 23 heavy (non-hydrogen) atoms. The van der Waals surface area contributed by atoms with Crippen LogP contribution < -0.4 is 0 Å².